The first-order valence-electron chi connectivity index (χ1n) is 7.76. The molecule has 2 aliphatic rings. The Morgan fingerprint density at radius 1 is 1.19 bits per heavy atom. The van der Waals surface area contributed by atoms with Crippen molar-refractivity contribution >= 4 is 11.6 Å². The largest absolute Gasteiger partial charge is 0.490 e. The minimum absolute atomic E-state index is 0.146. The molecule has 116 valence electrons. The third kappa shape index (κ3) is 2.86. The standard InChI is InChI=1S/C17H23ClO3/c1-17(2)6-3-5-12(17)16(19)11-9-14-15(10-13(11)18)21-8-4-7-20-14/h9-10,12,16,19H,3-8H2,1-2H3. The van der Waals surface area contributed by atoms with E-state index in [2.05, 4.69) is 13.8 Å². The molecule has 0 amide bonds. The van der Waals surface area contributed by atoms with Gasteiger partial charge in [0.2, 0.25) is 0 Å². The number of aliphatic hydroxyl groups is 1. The highest BCUT2D eigenvalue weighted by Crippen LogP contribution is 2.50. The Labute approximate surface area is 131 Å². The topological polar surface area (TPSA) is 38.7 Å². The summed E-state index contributed by atoms with van der Waals surface area (Å²) in [6.07, 6.45) is 3.67. The molecule has 4 heteroatoms. The Bertz CT molecular complexity index is 527. The van der Waals surface area contributed by atoms with Crippen molar-refractivity contribution in [3.8, 4) is 11.5 Å². The van der Waals surface area contributed by atoms with Gasteiger partial charge in [-0.3, -0.25) is 0 Å². The maximum Gasteiger partial charge on any atom is 0.162 e. The second-order valence-electron chi connectivity index (χ2n) is 6.80. The Hall–Kier alpha value is -0.930. The zero-order chi connectivity index (χ0) is 15.0. The van der Waals surface area contributed by atoms with Crippen molar-refractivity contribution in [1.82, 2.24) is 0 Å². The molecular weight excluding hydrogens is 288 g/mol. The fraction of sp³-hybridized carbons (Fsp3) is 0.647. The van der Waals surface area contributed by atoms with Gasteiger partial charge in [-0.1, -0.05) is 31.9 Å². The molecular formula is C17H23ClO3. The van der Waals surface area contributed by atoms with Crippen LogP contribution in [0.5, 0.6) is 11.5 Å². The maximum atomic E-state index is 10.8. The van der Waals surface area contributed by atoms with Crippen LogP contribution in [-0.4, -0.2) is 18.3 Å². The number of fused-ring (bicyclic) bond motifs is 1. The Morgan fingerprint density at radius 3 is 2.48 bits per heavy atom. The second kappa shape index (κ2) is 5.69. The van der Waals surface area contributed by atoms with Crippen molar-refractivity contribution in [3.63, 3.8) is 0 Å². The molecule has 1 aromatic carbocycles. The third-order valence-electron chi connectivity index (χ3n) is 4.91. The summed E-state index contributed by atoms with van der Waals surface area (Å²) in [4.78, 5) is 0. The predicted molar refractivity (Wildman–Crippen MR) is 83.1 cm³/mol. The molecule has 0 bridgehead atoms. The van der Waals surface area contributed by atoms with Crippen molar-refractivity contribution in [2.45, 2.75) is 45.6 Å². The number of benzene rings is 1. The van der Waals surface area contributed by atoms with Crippen LogP contribution in [0.4, 0.5) is 0 Å². The van der Waals surface area contributed by atoms with Gasteiger partial charge in [0.15, 0.2) is 11.5 Å². The highest BCUT2D eigenvalue weighted by molar-refractivity contribution is 6.31. The van der Waals surface area contributed by atoms with E-state index in [1.165, 1.54) is 0 Å². The van der Waals surface area contributed by atoms with Crippen molar-refractivity contribution < 1.29 is 14.6 Å². The molecule has 21 heavy (non-hydrogen) atoms. The minimum Gasteiger partial charge on any atom is -0.490 e. The van der Waals surface area contributed by atoms with Gasteiger partial charge < -0.3 is 14.6 Å². The van der Waals surface area contributed by atoms with Gasteiger partial charge in [0, 0.05) is 18.1 Å². The molecule has 0 spiro atoms. The van der Waals surface area contributed by atoms with Crippen LogP contribution in [-0.2, 0) is 0 Å². The molecule has 0 radical (unpaired) electrons. The Morgan fingerprint density at radius 2 is 1.86 bits per heavy atom. The average Bonchev–Trinajstić information content (AvgIpc) is 2.65. The summed E-state index contributed by atoms with van der Waals surface area (Å²) in [5.41, 5.74) is 0.910. The van der Waals surface area contributed by atoms with Gasteiger partial charge in [0.1, 0.15) is 0 Å². The summed E-state index contributed by atoms with van der Waals surface area (Å²) in [5, 5.41) is 11.4. The molecule has 2 atom stereocenters. The van der Waals surface area contributed by atoms with Crippen molar-refractivity contribution in [1.29, 1.82) is 0 Å². The first-order chi connectivity index (χ1) is 9.99. The SMILES string of the molecule is CC1(C)CCCC1C(O)c1cc2c(cc1Cl)OCCCO2. The molecule has 3 rings (SSSR count). The van der Waals surface area contributed by atoms with Crippen LogP contribution in [0.1, 0.15) is 51.2 Å². The van der Waals surface area contributed by atoms with E-state index in [0.717, 1.165) is 31.2 Å². The highest BCUT2D eigenvalue weighted by Gasteiger charge is 2.40. The summed E-state index contributed by atoms with van der Waals surface area (Å²) in [5.74, 6) is 1.61. The molecule has 0 aromatic heterocycles. The van der Waals surface area contributed by atoms with Crippen LogP contribution >= 0.6 is 11.6 Å². The van der Waals surface area contributed by atoms with Gasteiger partial charge in [0.25, 0.3) is 0 Å². The minimum atomic E-state index is -0.549. The van der Waals surface area contributed by atoms with Crippen molar-refractivity contribution in [3.05, 3.63) is 22.7 Å². The molecule has 2 unspecified atom stereocenters. The molecule has 1 aliphatic carbocycles. The Kier molecular flexibility index (Phi) is 4.06. The lowest BCUT2D eigenvalue weighted by molar-refractivity contribution is 0.0530. The molecule has 0 saturated heterocycles. The van der Waals surface area contributed by atoms with E-state index in [9.17, 15) is 5.11 Å². The second-order valence-corrected chi connectivity index (χ2v) is 7.21. The smallest absolute Gasteiger partial charge is 0.162 e. The zero-order valence-electron chi connectivity index (χ0n) is 12.7. The van der Waals surface area contributed by atoms with Crippen LogP contribution in [0, 0.1) is 11.3 Å². The zero-order valence-corrected chi connectivity index (χ0v) is 13.4. The van der Waals surface area contributed by atoms with E-state index >= 15 is 0 Å². The van der Waals surface area contributed by atoms with Gasteiger partial charge in [-0.05, 0) is 30.2 Å². The van der Waals surface area contributed by atoms with Gasteiger partial charge in [-0.25, -0.2) is 0 Å². The fourth-order valence-electron chi connectivity index (χ4n) is 3.58. The normalized spacial score (nSPS) is 25.4. The van der Waals surface area contributed by atoms with Gasteiger partial charge >= 0.3 is 0 Å². The van der Waals surface area contributed by atoms with Crippen molar-refractivity contribution in [2.75, 3.05) is 13.2 Å². The molecule has 1 saturated carbocycles. The summed E-state index contributed by atoms with van der Waals surface area (Å²) >= 11 is 6.39. The lowest BCUT2D eigenvalue weighted by Gasteiger charge is -2.32. The van der Waals surface area contributed by atoms with E-state index in [-0.39, 0.29) is 11.3 Å². The lowest BCUT2D eigenvalue weighted by Crippen LogP contribution is -2.24. The number of rotatable bonds is 2. The van der Waals surface area contributed by atoms with E-state index in [0.29, 0.717) is 29.7 Å². The van der Waals surface area contributed by atoms with Crippen LogP contribution in [0.3, 0.4) is 0 Å². The predicted octanol–water partition coefficient (Wildman–Crippen LogP) is 4.36. The van der Waals surface area contributed by atoms with E-state index in [1.54, 1.807) is 6.07 Å². The summed E-state index contributed by atoms with van der Waals surface area (Å²) in [6, 6.07) is 3.64. The fourth-order valence-corrected chi connectivity index (χ4v) is 3.85. The number of halogens is 1. The van der Waals surface area contributed by atoms with Gasteiger partial charge in [-0.15, -0.1) is 0 Å². The average molecular weight is 311 g/mol. The molecule has 1 N–H and O–H groups in total. The molecule has 1 aromatic rings. The van der Waals surface area contributed by atoms with E-state index < -0.39 is 6.10 Å². The number of aliphatic hydroxyl groups excluding tert-OH is 1. The van der Waals surface area contributed by atoms with Crippen LogP contribution in [0.15, 0.2) is 12.1 Å². The first kappa shape index (κ1) is 15.0. The molecule has 1 fully saturated rings. The summed E-state index contributed by atoms with van der Waals surface area (Å²) in [7, 11) is 0. The number of hydrogen-bond donors (Lipinski definition) is 1. The highest BCUT2D eigenvalue weighted by atomic mass is 35.5. The summed E-state index contributed by atoms with van der Waals surface area (Å²) < 4.78 is 11.4. The quantitative estimate of drug-likeness (QED) is 0.882. The van der Waals surface area contributed by atoms with Crippen LogP contribution in [0.2, 0.25) is 5.02 Å². The third-order valence-corrected chi connectivity index (χ3v) is 5.23. The van der Waals surface area contributed by atoms with Crippen LogP contribution < -0.4 is 9.47 Å². The van der Waals surface area contributed by atoms with Crippen LogP contribution in [0.25, 0.3) is 0 Å². The van der Waals surface area contributed by atoms with Gasteiger partial charge in [0.05, 0.1) is 24.3 Å². The van der Waals surface area contributed by atoms with Gasteiger partial charge in [-0.2, -0.15) is 0 Å². The monoisotopic (exact) mass is 310 g/mol. The first-order valence-corrected chi connectivity index (χ1v) is 8.14. The molecule has 1 heterocycles. The van der Waals surface area contributed by atoms with Crippen molar-refractivity contribution in [2.24, 2.45) is 11.3 Å². The summed E-state index contributed by atoms with van der Waals surface area (Å²) in [6.45, 7) is 5.73. The lowest BCUT2D eigenvalue weighted by atomic mass is 9.77. The molecule has 1 aliphatic heterocycles. The number of ether oxygens (including phenoxy) is 2. The van der Waals surface area contributed by atoms with E-state index in [4.69, 9.17) is 21.1 Å². The Balaban J connectivity index is 1.93. The number of hydrogen-bond acceptors (Lipinski definition) is 3. The molecule has 3 nitrogen and oxygen atoms in total. The van der Waals surface area contributed by atoms with E-state index in [1.807, 2.05) is 6.07 Å². The maximum absolute atomic E-state index is 10.8.